The van der Waals surface area contributed by atoms with E-state index in [0.717, 1.165) is 0 Å². The molecular formula is C17H31NO6. The van der Waals surface area contributed by atoms with Crippen LogP contribution in [0.4, 0.5) is 4.79 Å². The molecule has 0 spiro atoms. The van der Waals surface area contributed by atoms with Crippen LogP contribution in [0.3, 0.4) is 0 Å². The van der Waals surface area contributed by atoms with Gasteiger partial charge in [-0.15, -0.1) is 0 Å². The molecule has 140 valence electrons. The van der Waals surface area contributed by atoms with E-state index in [2.05, 4.69) is 5.32 Å². The second-order valence-electron chi connectivity index (χ2n) is 7.43. The van der Waals surface area contributed by atoms with E-state index in [-0.39, 0.29) is 18.8 Å². The van der Waals surface area contributed by atoms with Crippen molar-refractivity contribution in [2.24, 2.45) is 0 Å². The Morgan fingerprint density at radius 1 is 0.958 bits per heavy atom. The molecule has 7 nitrogen and oxygen atoms in total. The van der Waals surface area contributed by atoms with Crippen LogP contribution < -0.4 is 5.32 Å². The summed E-state index contributed by atoms with van der Waals surface area (Å²) in [5.74, 6) is -0.894. The largest absolute Gasteiger partial charge is 0.466 e. The summed E-state index contributed by atoms with van der Waals surface area (Å²) in [6.07, 6.45) is 0.115. The summed E-state index contributed by atoms with van der Waals surface area (Å²) < 4.78 is 15.3. The fourth-order valence-electron chi connectivity index (χ4n) is 1.76. The van der Waals surface area contributed by atoms with Crippen LogP contribution >= 0.6 is 0 Å². The summed E-state index contributed by atoms with van der Waals surface area (Å²) in [6.45, 7) is 12.5. The number of hydrogen-bond acceptors (Lipinski definition) is 6. The third-order valence-corrected chi connectivity index (χ3v) is 2.56. The Kier molecular flexibility index (Phi) is 8.78. The third-order valence-electron chi connectivity index (χ3n) is 2.56. The van der Waals surface area contributed by atoms with Gasteiger partial charge in [-0.1, -0.05) is 0 Å². The first-order chi connectivity index (χ1) is 10.8. The van der Waals surface area contributed by atoms with Gasteiger partial charge in [0.1, 0.15) is 17.2 Å². The highest BCUT2D eigenvalue weighted by Gasteiger charge is 2.28. The van der Waals surface area contributed by atoms with Crippen LogP contribution in [-0.2, 0) is 23.8 Å². The van der Waals surface area contributed by atoms with Crippen LogP contribution in [0, 0.1) is 0 Å². The molecule has 0 heterocycles. The summed E-state index contributed by atoms with van der Waals surface area (Å²) in [4.78, 5) is 35.5. The van der Waals surface area contributed by atoms with Gasteiger partial charge >= 0.3 is 18.0 Å². The predicted molar refractivity (Wildman–Crippen MR) is 89.5 cm³/mol. The molecule has 0 rings (SSSR count). The Hall–Kier alpha value is -1.79. The molecule has 0 aromatic heterocycles. The van der Waals surface area contributed by atoms with Gasteiger partial charge in [-0.25, -0.2) is 9.59 Å². The predicted octanol–water partition coefficient (Wildman–Crippen LogP) is 2.95. The first-order valence-corrected chi connectivity index (χ1v) is 8.22. The summed E-state index contributed by atoms with van der Waals surface area (Å²) in [5.41, 5.74) is -1.35. The second-order valence-corrected chi connectivity index (χ2v) is 7.43. The van der Waals surface area contributed by atoms with E-state index in [1.807, 2.05) is 0 Å². The van der Waals surface area contributed by atoms with Crippen LogP contribution in [0.5, 0.6) is 0 Å². The highest BCUT2D eigenvalue weighted by atomic mass is 16.6. The van der Waals surface area contributed by atoms with Crippen LogP contribution in [-0.4, -0.2) is 41.9 Å². The van der Waals surface area contributed by atoms with Gasteiger partial charge in [0.25, 0.3) is 0 Å². The number of ether oxygens (including phenoxy) is 3. The molecule has 0 aliphatic heterocycles. The minimum atomic E-state index is -0.881. The quantitative estimate of drug-likeness (QED) is 0.563. The number of carbonyl (C=O) groups excluding carboxylic acids is 3. The molecule has 0 aliphatic rings. The van der Waals surface area contributed by atoms with E-state index < -0.39 is 29.3 Å². The van der Waals surface area contributed by atoms with Crippen LogP contribution in [0.2, 0.25) is 0 Å². The number of esters is 2. The lowest BCUT2D eigenvalue weighted by Gasteiger charge is -2.26. The van der Waals surface area contributed by atoms with Crippen LogP contribution in [0.25, 0.3) is 0 Å². The first kappa shape index (κ1) is 22.2. The minimum absolute atomic E-state index is 0.170. The zero-order chi connectivity index (χ0) is 19.0. The number of carbonyl (C=O) groups is 3. The number of alkyl carbamates (subject to hydrolysis) is 1. The van der Waals surface area contributed by atoms with Crippen molar-refractivity contribution in [3.05, 3.63) is 0 Å². The average Bonchev–Trinajstić information content (AvgIpc) is 2.33. The Labute approximate surface area is 144 Å². The lowest BCUT2D eigenvalue weighted by Crippen LogP contribution is -2.46. The molecule has 0 fully saturated rings. The first-order valence-electron chi connectivity index (χ1n) is 8.22. The molecule has 0 aliphatic carbocycles. The van der Waals surface area contributed by atoms with Crippen LogP contribution in [0.15, 0.2) is 0 Å². The highest BCUT2D eigenvalue weighted by molar-refractivity contribution is 5.81. The van der Waals surface area contributed by atoms with E-state index in [1.165, 1.54) is 0 Å². The molecule has 1 N–H and O–H groups in total. The summed E-state index contributed by atoms with van der Waals surface area (Å²) in [7, 11) is 0. The molecule has 24 heavy (non-hydrogen) atoms. The van der Waals surface area contributed by atoms with Crippen molar-refractivity contribution in [1.29, 1.82) is 0 Å². The summed E-state index contributed by atoms with van der Waals surface area (Å²) in [6, 6.07) is -0.881. The third kappa shape index (κ3) is 11.7. The summed E-state index contributed by atoms with van der Waals surface area (Å²) >= 11 is 0. The van der Waals surface area contributed by atoms with E-state index in [0.29, 0.717) is 13.0 Å². The molecule has 0 saturated heterocycles. The second kappa shape index (κ2) is 9.49. The lowest BCUT2D eigenvalue weighted by atomic mass is 10.1. The maximum atomic E-state index is 12.3. The molecule has 0 bridgehead atoms. The van der Waals surface area contributed by atoms with Gasteiger partial charge < -0.3 is 19.5 Å². The number of nitrogens with one attached hydrogen (secondary N) is 1. The van der Waals surface area contributed by atoms with E-state index in [4.69, 9.17) is 14.2 Å². The zero-order valence-electron chi connectivity index (χ0n) is 15.9. The van der Waals surface area contributed by atoms with Crippen LogP contribution in [0.1, 0.15) is 67.7 Å². The van der Waals surface area contributed by atoms with Gasteiger partial charge in [-0.3, -0.25) is 4.79 Å². The van der Waals surface area contributed by atoms with E-state index in [1.54, 1.807) is 48.5 Å². The van der Waals surface area contributed by atoms with Crippen molar-refractivity contribution in [2.45, 2.75) is 85.0 Å². The topological polar surface area (TPSA) is 90.9 Å². The van der Waals surface area contributed by atoms with Crippen molar-refractivity contribution in [3.8, 4) is 0 Å². The minimum Gasteiger partial charge on any atom is -0.466 e. The monoisotopic (exact) mass is 345 g/mol. The Bertz CT molecular complexity index is 433. The molecular weight excluding hydrogens is 314 g/mol. The highest BCUT2D eigenvalue weighted by Crippen LogP contribution is 2.13. The standard InChI is InChI=1S/C17H31NO6/c1-8-22-13(19)11-9-10-12(14(20)23-16(2,3)4)18-15(21)24-17(5,6)7/h12H,8-11H2,1-7H3,(H,18,21)/t12-/m0/s1. The maximum Gasteiger partial charge on any atom is 0.408 e. The molecule has 1 atom stereocenters. The van der Waals surface area contributed by atoms with Crippen molar-refractivity contribution in [3.63, 3.8) is 0 Å². The number of amides is 1. The number of rotatable bonds is 7. The van der Waals surface area contributed by atoms with Gasteiger partial charge in [-0.05, 0) is 61.3 Å². The lowest BCUT2D eigenvalue weighted by molar-refractivity contribution is -0.158. The normalized spacial score (nSPS) is 13.0. The Balaban J connectivity index is 4.74. The average molecular weight is 345 g/mol. The molecule has 7 heteroatoms. The Morgan fingerprint density at radius 3 is 1.96 bits per heavy atom. The van der Waals surface area contributed by atoms with Gasteiger partial charge in [0.2, 0.25) is 0 Å². The van der Waals surface area contributed by atoms with Gasteiger partial charge in [0, 0.05) is 6.42 Å². The van der Waals surface area contributed by atoms with Crippen molar-refractivity contribution in [1.82, 2.24) is 5.32 Å². The van der Waals surface area contributed by atoms with Gasteiger partial charge in [0.15, 0.2) is 0 Å². The fraction of sp³-hybridized carbons (Fsp3) is 0.824. The number of hydrogen-bond donors (Lipinski definition) is 1. The maximum absolute atomic E-state index is 12.3. The van der Waals surface area contributed by atoms with Crippen molar-refractivity contribution in [2.75, 3.05) is 6.61 Å². The van der Waals surface area contributed by atoms with E-state index >= 15 is 0 Å². The summed E-state index contributed by atoms with van der Waals surface area (Å²) in [5, 5.41) is 2.51. The molecule has 0 radical (unpaired) electrons. The molecule has 0 unspecified atom stereocenters. The van der Waals surface area contributed by atoms with Gasteiger partial charge in [0.05, 0.1) is 6.61 Å². The van der Waals surface area contributed by atoms with E-state index in [9.17, 15) is 14.4 Å². The SMILES string of the molecule is CCOC(=O)CCC[C@H](NC(=O)OC(C)(C)C)C(=O)OC(C)(C)C. The Morgan fingerprint density at radius 2 is 1.50 bits per heavy atom. The zero-order valence-corrected chi connectivity index (χ0v) is 15.9. The van der Waals surface area contributed by atoms with Crippen molar-refractivity contribution < 1.29 is 28.6 Å². The molecule has 1 amide bonds. The molecule has 0 saturated carbocycles. The molecule has 0 aromatic rings. The van der Waals surface area contributed by atoms with Gasteiger partial charge in [-0.2, -0.15) is 0 Å². The fourth-order valence-corrected chi connectivity index (χ4v) is 1.76. The molecule has 0 aromatic carbocycles. The van der Waals surface area contributed by atoms with Crippen molar-refractivity contribution >= 4 is 18.0 Å². The smallest absolute Gasteiger partial charge is 0.408 e.